The van der Waals surface area contributed by atoms with Crippen LogP contribution in [0, 0.1) is 13.8 Å². The molecule has 1 saturated heterocycles. The molecular formula is C19H25ClN2O3. The minimum Gasteiger partial charge on any atom is -0.449 e. The van der Waals surface area contributed by atoms with E-state index in [-0.39, 0.29) is 18.6 Å². The lowest BCUT2D eigenvalue weighted by molar-refractivity contribution is 0.0836. The van der Waals surface area contributed by atoms with Crippen molar-refractivity contribution >= 4 is 28.5 Å². The molecule has 1 aliphatic heterocycles. The Labute approximate surface area is 152 Å². The van der Waals surface area contributed by atoms with Crippen LogP contribution < -0.4 is 5.32 Å². The number of fused-ring (bicyclic) bond motifs is 1. The molecule has 0 radical (unpaired) electrons. The van der Waals surface area contributed by atoms with E-state index in [9.17, 15) is 9.90 Å². The average molecular weight is 365 g/mol. The predicted octanol–water partition coefficient (Wildman–Crippen LogP) is 3.28. The van der Waals surface area contributed by atoms with E-state index in [1.54, 1.807) is 0 Å². The topological polar surface area (TPSA) is 65.7 Å². The van der Waals surface area contributed by atoms with Crippen molar-refractivity contribution in [2.45, 2.75) is 39.2 Å². The minimum atomic E-state index is -0.222. The number of likely N-dealkylation sites (tertiary alicyclic amines) is 1. The lowest BCUT2D eigenvalue weighted by Gasteiger charge is -2.34. The molecule has 0 bridgehead atoms. The lowest BCUT2D eigenvalue weighted by Crippen LogP contribution is -2.45. The predicted molar refractivity (Wildman–Crippen MR) is 99.3 cm³/mol. The summed E-state index contributed by atoms with van der Waals surface area (Å²) in [6.07, 6.45) is 3.32. The number of furan rings is 1. The van der Waals surface area contributed by atoms with E-state index in [1.165, 1.54) is 0 Å². The second-order valence-corrected chi connectivity index (χ2v) is 7.21. The van der Waals surface area contributed by atoms with E-state index in [2.05, 4.69) is 10.2 Å². The third-order valence-electron chi connectivity index (χ3n) is 4.99. The number of nitrogens with zero attached hydrogens (tertiary/aromatic N) is 1. The van der Waals surface area contributed by atoms with Crippen LogP contribution in [0.5, 0.6) is 0 Å². The maximum absolute atomic E-state index is 12.5. The first kappa shape index (κ1) is 18.2. The zero-order chi connectivity index (χ0) is 18.0. The van der Waals surface area contributed by atoms with Crippen LogP contribution in [0.2, 0.25) is 5.02 Å². The van der Waals surface area contributed by atoms with Gasteiger partial charge in [0, 0.05) is 30.1 Å². The van der Waals surface area contributed by atoms with Crippen LogP contribution >= 0.6 is 11.6 Å². The number of rotatable bonds is 5. The molecule has 1 aliphatic rings. The van der Waals surface area contributed by atoms with Gasteiger partial charge in [-0.05, 0) is 50.9 Å². The summed E-state index contributed by atoms with van der Waals surface area (Å²) in [5.41, 5.74) is 2.41. The molecule has 25 heavy (non-hydrogen) atoms. The van der Waals surface area contributed by atoms with Gasteiger partial charge in [0.1, 0.15) is 0 Å². The van der Waals surface area contributed by atoms with Crippen molar-refractivity contribution < 1.29 is 14.3 Å². The zero-order valence-electron chi connectivity index (χ0n) is 14.8. The van der Waals surface area contributed by atoms with Crippen molar-refractivity contribution in [3.63, 3.8) is 0 Å². The minimum absolute atomic E-state index is 0.175. The van der Waals surface area contributed by atoms with Gasteiger partial charge >= 0.3 is 0 Å². The Balaban J connectivity index is 1.66. The Morgan fingerprint density at radius 3 is 2.96 bits per heavy atom. The molecule has 0 saturated carbocycles. The van der Waals surface area contributed by atoms with Gasteiger partial charge in [0.05, 0.1) is 11.6 Å². The van der Waals surface area contributed by atoms with Crippen LogP contribution in [0.3, 0.4) is 0 Å². The van der Waals surface area contributed by atoms with Crippen molar-refractivity contribution in [2.75, 3.05) is 26.2 Å². The van der Waals surface area contributed by atoms with E-state index >= 15 is 0 Å². The van der Waals surface area contributed by atoms with Crippen molar-refractivity contribution in [2.24, 2.45) is 0 Å². The largest absolute Gasteiger partial charge is 0.449 e. The van der Waals surface area contributed by atoms with Gasteiger partial charge in [-0.2, -0.15) is 0 Å². The van der Waals surface area contributed by atoms with Gasteiger partial charge in [-0.25, -0.2) is 0 Å². The van der Waals surface area contributed by atoms with Crippen LogP contribution in [-0.4, -0.2) is 48.2 Å². The number of aryl methyl sites for hydroxylation is 2. The van der Waals surface area contributed by atoms with E-state index in [0.717, 1.165) is 48.9 Å². The van der Waals surface area contributed by atoms with Crippen LogP contribution in [0.1, 0.15) is 40.9 Å². The van der Waals surface area contributed by atoms with E-state index < -0.39 is 0 Å². The van der Waals surface area contributed by atoms with Crippen molar-refractivity contribution in [3.05, 3.63) is 34.0 Å². The van der Waals surface area contributed by atoms with E-state index in [1.807, 2.05) is 26.0 Å². The van der Waals surface area contributed by atoms with Gasteiger partial charge in [0.25, 0.3) is 5.91 Å². The molecule has 1 aromatic carbocycles. The first-order valence-electron chi connectivity index (χ1n) is 8.83. The summed E-state index contributed by atoms with van der Waals surface area (Å²) in [6.45, 7) is 6.25. The fourth-order valence-corrected chi connectivity index (χ4v) is 3.90. The summed E-state index contributed by atoms with van der Waals surface area (Å²) in [5, 5.41) is 13.8. The molecule has 0 spiro atoms. The number of hydrogen-bond donors (Lipinski definition) is 2. The molecule has 1 aromatic heterocycles. The van der Waals surface area contributed by atoms with Gasteiger partial charge in [-0.15, -0.1) is 0 Å². The highest BCUT2D eigenvalue weighted by atomic mass is 35.5. The Bertz CT molecular complexity index is 772. The zero-order valence-corrected chi connectivity index (χ0v) is 15.5. The monoisotopic (exact) mass is 364 g/mol. The molecule has 0 unspecified atom stereocenters. The Morgan fingerprint density at radius 2 is 2.20 bits per heavy atom. The number of carbonyl (C=O) groups excluding carboxylic acids is 1. The number of carbonyl (C=O) groups is 1. The van der Waals surface area contributed by atoms with Gasteiger partial charge in [-0.3, -0.25) is 9.69 Å². The summed E-state index contributed by atoms with van der Waals surface area (Å²) < 4.78 is 5.73. The average Bonchev–Trinajstić information content (AvgIpc) is 2.92. The molecule has 2 heterocycles. The fraction of sp³-hybridized carbons (Fsp3) is 0.526. The Hall–Kier alpha value is -1.56. The van der Waals surface area contributed by atoms with Gasteiger partial charge in [0.15, 0.2) is 11.3 Å². The van der Waals surface area contributed by atoms with Crippen LogP contribution in [0.15, 0.2) is 16.5 Å². The van der Waals surface area contributed by atoms with Gasteiger partial charge in [-0.1, -0.05) is 18.0 Å². The highest BCUT2D eigenvalue weighted by molar-refractivity contribution is 6.35. The number of aliphatic hydroxyl groups excluding tert-OH is 1. The first-order chi connectivity index (χ1) is 12.0. The number of aliphatic hydroxyl groups is 1. The summed E-state index contributed by atoms with van der Waals surface area (Å²) in [5.74, 6) is 0.0971. The van der Waals surface area contributed by atoms with E-state index in [0.29, 0.717) is 22.9 Å². The Kier molecular flexibility index (Phi) is 5.67. The second-order valence-electron chi connectivity index (χ2n) is 6.80. The van der Waals surface area contributed by atoms with Gasteiger partial charge in [0.2, 0.25) is 0 Å². The van der Waals surface area contributed by atoms with Crippen LogP contribution in [-0.2, 0) is 0 Å². The molecule has 2 N–H and O–H groups in total. The normalized spacial score (nSPS) is 18.6. The van der Waals surface area contributed by atoms with Crippen LogP contribution in [0.25, 0.3) is 11.0 Å². The maximum Gasteiger partial charge on any atom is 0.287 e. The summed E-state index contributed by atoms with van der Waals surface area (Å²) in [7, 11) is 0. The smallest absolute Gasteiger partial charge is 0.287 e. The Morgan fingerprint density at radius 1 is 1.40 bits per heavy atom. The molecule has 0 aliphatic carbocycles. The highest BCUT2D eigenvalue weighted by Crippen LogP contribution is 2.32. The number of benzene rings is 1. The number of amides is 1. The summed E-state index contributed by atoms with van der Waals surface area (Å²) in [4.78, 5) is 14.8. The third kappa shape index (κ3) is 3.84. The standard InChI is InChI=1S/C19H25ClN2O3/c1-12-9-15-13(2)17(25-18(15)16(20)10-12)19(24)21-6-8-22-7-4-3-5-14(22)11-23/h9-10,14,23H,3-8,11H2,1-2H3,(H,21,24)/t14-/m0/s1. The highest BCUT2D eigenvalue weighted by Gasteiger charge is 2.22. The number of nitrogens with one attached hydrogen (secondary N) is 1. The molecule has 3 rings (SSSR count). The fourth-order valence-electron chi connectivity index (χ4n) is 3.58. The molecule has 2 aromatic rings. The number of hydrogen-bond acceptors (Lipinski definition) is 4. The van der Waals surface area contributed by atoms with Crippen molar-refractivity contribution in [3.8, 4) is 0 Å². The molecule has 1 atom stereocenters. The molecule has 1 amide bonds. The first-order valence-corrected chi connectivity index (χ1v) is 9.21. The molecule has 1 fully saturated rings. The molecule has 5 nitrogen and oxygen atoms in total. The third-order valence-corrected chi connectivity index (χ3v) is 5.27. The summed E-state index contributed by atoms with van der Waals surface area (Å²) in [6, 6.07) is 4.02. The van der Waals surface area contributed by atoms with E-state index in [4.69, 9.17) is 16.0 Å². The lowest BCUT2D eigenvalue weighted by atomic mass is 10.0. The van der Waals surface area contributed by atoms with Crippen molar-refractivity contribution in [1.82, 2.24) is 10.2 Å². The molecular weight excluding hydrogens is 340 g/mol. The van der Waals surface area contributed by atoms with Crippen molar-refractivity contribution in [1.29, 1.82) is 0 Å². The number of halogens is 1. The molecule has 136 valence electrons. The molecule has 6 heteroatoms. The second kappa shape index (κ2) is 7.77. The van der Waals surface area contributed by atoms with Gasteiger partial charge < -0.3 is 14.8 Å². The maximum atomic E-state index is 12.5. The number of piperidine rings is 1. The SMILES string of the molecule is Cc1cc(Cl)c2oc(C(=O)NCCN3CCCC[C@H]3CO)c(C)c2c1. The van der Waals surface area contributed by atoms with Crippen LogP contribution in [0.4, 0.5) is 0 Å². The summed E-state index contributed by atoms with van der Waals surface area (Å²) >= 11 is 6.23. The quantitative estimate of drug-likeness (QED) is 0.854.